The molecule has 0 aromatic rings. The first-order valence-corrected chi connectivity index (χ1v) is 15.9. The third-order valence-corrected chi connectivity index (χ3v) is 16.3. The van der Waals surface area contributed by atoms with Crippen LogP contribution >= 0.6 is 0 Å². The molecule has 4 nitrogen and oxygen atoms in total. The zero-order valence-electron chi connectivity index (χ0n) is 19.2. The number of ether oxygens (including phenoxy) is 2. The van der Waals surface area contributed by atoms with Crippen molar-refractivity contribution in [3.8, 4) is 0 Å². The van der Waals surface area contributed by atoms with Gasteiger partial charge in [-0.05, 0) is 49.6 Å². The maximum absolute atomic E-state index is 6.70. The third-order valence-electron chi connectivity index (χ3n) is 7.33. The molecule has 0 radical (unpaired) electrons. The van der Waals surface area contributed by atoms with E-state index in [-0.39, 0.29) is 27.9 Å². The summed E-state index contributed by atoms with van der Waals surface area (Å²) < 4.78 is 25.3. The molecule has 0 aromatic carbocycles. The van der Waals surface area contributed by atoms with Crippen LogP contribution in [0.4, 0.5) is 0 Å². The van der Waals surface area contributed by atoms with Gasteiger partial charge in [-0.2, -0.15) is 0 Å². The van der Waals surface area contributed by atoms with E-state index in [4.69, 9.17) is 18.3 Å². The minimum Gasteiger partial charge on any atom is -0.414 e. The lowest BCUT2D eigenvalue weighted by atomic mass is 9.97. The summed E-state index contributed by atoms with van der Waals surface area (Å²) in [5, 5.41) is 0.397. The highest BCUT2D eigenvalue weighted by atomic mass is 28.4. The van der Waals surface area contributed by atoms with E-state index in [0.717, 1.165) is 6.42 Å². The molecular formula is C20H42O4Si2. The van der Waals surface area contributed by atoms with Crippen LogP contribution in [-0.4, -0.2) is 46.8 Å². The van der Waals surface area contributed by atoms with Crippen LogP contribution in [0.1, 0.15) is 61.8 Å². The fraction of sp³-hybridized carbons (Fsp3) is 1.00. The molecule has 2 saturated heterocycles. The van der Waals surface area contributed by atoms with Gasteiger partial charge in [0.2, 0.25) is 5.79 Å². The third kappa shape index (κ3) is 3.74. The zero-order chi connectivity index (χ0) is 20.4. The number of hydrogen-bond donors (Lipinski definition) is 0. The van der Waals surface area contributed by atoms with Crippen LogP contribution in [0.15, 0.2) is 0 Å². The largest absolute Gasteiger partial charge is 0.414 e. The first-order chi connectivity index (χ1) is 11.4. The second-order valence-corrected chi connectivity index (χ2v) is 20.9. The van der Waals surface area contributed by atoms with E-state index < -0.39 is 22.4 Å². The van der Waals surface area contributed by atoms with Gasteiger partial charge < -0.3 is 18.3 Å². The minimum absolute atomic E-state index is 0.0405. The topological polar surface area (TPSA) is 43.5 Å². The number of rotatable bonds is 7. The summed E-state index contributed by atoms with van der Waals surface area (Å²) in [6.45, 7) is 27.8. The zero-order valence-corrected chi connectivity index (χ0v) is 21.2. The van der Waals surface area contributed by atoms with Gasteiger partial charge in [0.05, 0.1) is 12.7 Å². The monoisotopic (exact) mass is 402 g/mol. The van der Waals surface area contributed by atoms with Crippen molar-refractivity contribution in [2.45, 2.75) is 122 Å². The number of epoxide rings is 2. The molecule has 0 aromatic heterocycles. The molecule has 26 heavy (non-hydrogen) atoms. The molecule has 4 atom stereocenters. The van der Waals surface area contributed by atoms with Crippen molar-refractivity contribution in [3.63, 3.8) is 0 Å². The molecule has 2 rings (SSSR count). The SMILES string of the molecule is CC[C@@H](O[Si](C)(C)C(C)(C)C)[C@@]1(C)O[C@]12O[C@@H]2CO[Si](C)(C)C(C)(C)C. The molecule has 154 valence electrons. The molecule has 2 aliphatic rings. The second-order valence-electron chi connectivity index (χ2n) is 11.3. The summed E-state index contributed by atoms with van der Waals surface area (Å²) >= 11 is 0. The molecule has 0 bridgehead atoms. The van der Waals surface area contributed by atoms with E-state index in [2.05, 4.69) is 81.6 Å². The van der Waals surface area contributed by atoms with Gasteiger partial charge in [-0.25, -0.2) is 0 Å². The summed E-state index contributed by atoms with van der Waals surface area (Å²) in [5.74, 6) is -0.474. The molecule has 2 heterocycles. The highest BCUT2D eigenvalue weighted by Gasteiger charge is 2.86. The van der Waals surface area contributed by atoms with Gasteiger partial charge in [-0.3, -0.25) is 0 Å². The van der Waals surface area contributed by atoms with Crippen LogP contribution in [0, 0.1) is 0 Å². The van der Waals surface area contributed by atoms with E-state index in [9.17, 15) is 0 Å². The van der Waals surface area contributed by atoms with E-state index in [1.807, 2.05) is 0 Å². The Kier molecular flexibility index (Phi) is 5.55. The van der Waals surface area contributed by atoms with Gasteiger partial charge >= 0.3 is 0 Å². The lowest BCUT2D eigenvalue weighted by Crippen LogP contribution is -2.48. The fourth-order valence-electron chi connectivity index (χ4n) is 3.05. The Morgan fingerprint density at radius 3 is 1.88 bits per heavy atom. The van der Waals surface area contributed by atoms with E-state index in [0.29, 0.717) is 6.61 Å². The molecular weight excluding hydrogens is 360 g/mol. The van der Waals surface area contributed by atoms with Gasteiger partial charge in [0, 0.05) is 0 Å². The van der Waals surface area contributed by atoms with Crippen molar-refractivity contribution in [2.24, 2.45) is 0 Å². The Bertz CT molecular complexity index is 535. The Hall–Kier alpha value is 0.274. The molecule has 0 saturated carbocycles. The van der Waals surface area contributed by atoms with Gasteiger partial charge in [-0.15, -0.1) is 0 Å². The van der Waals surface area contributed by atoms with Gasteiger partial charge in [-0.1, -0.05) is 48.5 Å². The predicted octanol–water partition coefficient (Wildman–Crippen LogP) is 5.69. The van der Waals surface area contributed by atoms with Crippen molar-refractivity contribution in [3.05, 3.63) is 0 Å². The molecule has 0 unspecified atom stereocenters. The van der Waals surface area contributed by atoms with Gasteiger partial charge in [0.25, 0.3) is 0 Å². The summed E-state index contributed by atoms with van der Waals surface area (Å²) in [4.78, 5) is 0. The van der Waals surface area contributed by atoms with Crippen molar-refractivity contribution >= 4 is 16.6 Å². The Balaban J connectivity index is 1.99. The number of hydrogen-bond acceptors (Lipinski definition) is 4. The smallest absolute Gasteiger partial charge is 0.231 e. The van der Waals surface area contributed by atoms with Crippen LogP contribution < -0.4 is 0 Å². The average molecular weight is 403 g/mol. The minimum atomic E-state index is -1.85. The van der Waals surface area contributed by atoms with Crippen LogP contribution in [0.2, 0.25) is 36.3 Å². The first-order valence-electron chi connectivity index (χ1n) is 10.1. The van der Waals surface area contributed by atoms with Crippen LogP contribution in [-0.2, 0) is 18.3 Å². The van der Waals surface area contributed by atoms with Crippen LogP contribution in [0.3, 0.4) is 0 Å². The molecule has 0 aliphatic carbocycles. The van der Waals surface area contributed by atoms with Crippen molar-refractivity contribution < 1.29 is 18.3 Å². The quantitative estimate of drug-likeness (QED) is 0.405. The summed E-state index contributed by atoms with van der Waals surface area (Å²) in [6, 6.07) is 0. The fourth-order valence-corrected chi connectivity index (χ4v) is 5.50. The molecule has 2 fully saturated rings. The first kappa shape index (κ1) is 22.6. The Labute approximate surface area is 163 Å². The highest BCUT2D eigenvalue weighted by molar-refractivity contribution is 6.74. The predicted molar refractivity (Wildman–Crippen MR) is 113 cm³/mol. The molecule has 0 amide bonds. The highest BCUT2D eigenvalue weighted by Crippen LogP contribution is 2.66. The van der Waals surface area contributed by atoms with Crippen molar-refractivity contribution in [1.82, 2.24) is 0 Å². The van der Waals surface area contributed by atoms with Gasteiger partial charge in [0.1, 0.15) is 6.10 Å². The maximum atomic E-state index is 6.70. The Morgan fingerprint density at radius 1 is 0.962 bits per heavy atom. The summed E-state index contributed by atoms with van der Waals surface area (Å²) in [5.41, 5.74) is -0.348. The Morgan fingerprint density at radius 2 is 1.46 bits per heavy atom. The molecule has 1 spiro atoms. The lowest BCUT2D eigenvalue weighted by molar-refractivity contribution is 0.0902. The molecule has 2 aliphatic heterocycles. The van der Waals surface area contributed by atoms with Crippen molar-refractivity contribution in [2.75, 3.05) is 6.61 Å². The van der Waals surface area contributed by atoms with Gasteiger partial charge in [0.15, 0.2) is 22.2 Å². The summed E-state index contributed by atoms with van der Waals surface area (Å²) in [6.07, 6.45) is 1.05. The normalized spacial score (nSPS) is 33.5. The lowest BCUT2D eigenvalue weighted by Gasteiger charge is -2.40. The summed E-state index contributed by atoms with van der Waals surface area (Å²) in [7, 11) is -3.62. The molecule has 0 N–H and O–H groups in total. The van der Waals surface area contributed by atoms with E-state index in [1.54, 1.807) is 0 Å². The average Bonchev–Trinajstić information content (AvgIpc) is 3.29. The molecule has 6 heteroatoms. The van der Waals surface area contributed by atoms with Crippen LogP contribution in [0.25, 0.3) is 0 Å². The van der Waals surface area contributed by atoms with Crippen molar-refractivity contribution in [1.29, 1.82) is 0 Å². The standard InChI is InChI=1S/C20H42O4Si2/c1-13-15(23-26(11,12)18(5,6)7)19(8)20(24-19)16(22-20)14-21-25(9,10)17(2,3)4/h15-16H,13-14H2,1-12H3/t15-,16-,19-,20+/m1/s1. The van der Waals surface area contributed by atoms with E-state index in [1.165, 1.54) is 0 Å². The second kappa shape index (κ2) is 6.39. The van der Waals surface area contributed by atoms with Crippen LogP contribution in [0.5, 0.6) is 0 Å². The maximum Gasteiger partial charge on any atom is 0.231 e. The van der Waals surface area contributed by atoms with E-state index >= 15 is 0 Å².